The molecule has 1 aromatic heterocycles. The van der Waals surface area contributed by atoms with Gasteiger partial charge in [-0.2, -0.15) is 0 Å². The highest BCUT2D eigenvalue weighted by Gasteiger charge is 2.09. The van der Waals surface area contributed by atoms with Crippen molar-refractivity contribution in [3.05, 3.63) is 17.5 Å². The number of aromatic nitrogens is 1. The summed E-state index contributed by atoms with van der Waals surface area (Å²) in [5.74, 6) is 0.473. The lowest BCUT2D eigenvalue weighted by atomic mass is 10.4. The number of halogens is 1. The van der Waals surface area contributed by atoms with E-state index in [1.54, 1.807) is 13.0 Å². The molecule has 0 aliphatic carbocycles. The number of hydrogen-bond acceptors (Lipinski definition) is 4. The van der Waals surface area contributed by atoms with Crippen LogP contribution < -0.4 is 0 Å². The second-order valence-corrected chi connectivity index (χ2v) is 6.44. The molecule has 11 heavy (non-hydrogen) atoms. The second kappa shape index (κ2) is 2.94. The van der Waals surface area contributed by atoms with Crippen molar-refractivity contribution in [1.82, 2.24) is 5.16 Å². The lowest BCUT2D eigenvalue weighted by Crippen LogP contribution is -1.93. The number of aryl methyl sites for hydroxylation is 1. The number of rotatable bonds is 2. The van der Waals surface area contributed by atoms with Crippen molar-refractivity contribution in [2.45, 2.75) is 12.7 Å². The van der Waals surface area contributed by atoms with E-state index in [0.29, 0.717) is 11.5 Å². The number of nitrogens with zero attached hydrogens (tertiary/aromatic N) is 1. The van der Waals surface area contributed by atoms with Gasteiger partial charge in [-0.3, -0.25) is 0 Å². The summed E-state index contributed by atoms with van der Waals surface area (Å²) in [6.07, 6.45) is 0. The third-order valence-corrected chi connectivity index (χ3v) is 2.32. The molecule has 1 aromatic rings. The molecule has 0 amide bonds. The molecule has 0 aliphatic heterocycles. The van der Waals surface area contributed by atoms with Crippen LogP contribution in [0.25, 0.3) is 0 Å². The van der Waals surface area contributed by atoms with Crippen LogP contribution in [0.4, 0.5) is 0 Å². The van der Waals surface area contributed by atoms with E-state index in [9.17, 15) is 8.42 Å². The van der Waals surface area contributed by atoms with Gasteiger partial charge in [0.2, 0.25) is 8.27 Å². The van der Waals surface area contributed by atoms with Crippen LogP contribution in [0.5, 0.6) is 0 Å². The van der Waals surface area contributed by atoms with Crippen molar-refractivity contribution in [3.63, 3.8) is 0 Å². The van der Waals surface area contributed by atoms with Gasteiger partial charge in [-0.1, -0.05) is 5.16 Å². The fraction of sp³-hybridized carbons (Fsp3) is 0.400. The molecule has 0 aliphatic rings. The van der Waals surface area contributed by atoms with Crippen molar-refractivity contribution >= 4 is 23.1 Å². The minimum Gasteiger partial charge on any atom is -0.361 e. The van der Waals surface area contributed by atoms with E-state index in [4.69, 9.17) is 0 Å². The van der Waals surface area contributed by atoms with Crippen molar-refractivity contribution in [2.75, 3.05) is 0 Å². The van der Waals surface area contributed by atoms with E-state index >= 15 is 0 Å². The molecular formula is C5H6BrNO3S. The van der Waals surface area contributed by atoms with Gasteiger partial charge >= 0.3 is 0 Å². The molecule has 0 saturated carbocycles. The minimum atomic E-state index is -3.17. The highest BCUT2D eigenvalue weighted by Crippen LogP contribution is 2.10. The molecule has 62 valence electrons. The van der Waals surface area contributed by atoms with Crippen LogP contribution in [-0.4, -0.2) is 13.6 Å². The smallest absolute Gasteiger partial charge is 0.215 e. The van der Waals surface area contributed by atoms with Crippen LogP contribution >= 0.6 is 14.8 Å². The van der Waals surface area contributed by atoms with Gasteiger partial charge in [-0.05, 0) is 6.92 Å². The Bertz CT molecular complexity index is 342. The summed E-state index contributed by atoms with van der Waals surface area (Å²) in [6, 6.07) is 1.58. The average molecular weight is 240 g/mol. The summed E-state index contributed by atoms with van der Waals surface area (Å²) < 4.78 is 26.0. The van der Waals surface area contributed by atoms with Gasteiger partial charge in [0, 0.05) is 6.07 Å². The van der Waals surface area contributed by atoms with Gasteiger partial charge in [0.1, 0.15) is 11.5 Å². The molecule has 4 nitrogen and oxygen atoms in total. The third kappa shape index (κ3) is 3.02. The van der Waals surface area contributed by atoms with Crippen molar-refractivity contribution in [3.8, 4) is 0 Å². The third-order valence-electron chi connectivity index (χ3n) is 0.997. The Balaban J connectivity index is 2.81. The monoisotopic (exact) mass is 239 g/mol. The standard InChI is InChI=1S/C5H6BrNO3S/c1-4-2-5(7-10-4)3-11(6,8)9/h2H,3H2,1H3. The Labute approximate surface area is 71.7 Å². The van der Waals surface area contributed by atoms with Crippen LogP contribution in [0.15, 0.2) is 10.6 Å². The van der Waals surface area contributed by atoms with E-state index < -0.39 is 8.27 Å². The SMILES string of the molecule is Cc1cc(CS(=O)(=O)Br)no1. The molecule has 0 aromatic carbocycles. The zero-order valence-electron chi connectivity index (χ0n) is 5.74. The van der Waals surface area contributed by atoms with Gasteiger partial charge in [-0.15, -0.1) is 0 Å². The van der Waals surface area contributed by atoms with E-state index in [-0.39, 0.29) is 5.75 Å². The molecule has 0 unspecified atom stereocenters. The van der Waals surface area contributed by atoms with Gasteiger partial charge in [-0.25, -0.2) is 8.42 Å². The predicted octanol–water partition coefficient (Wildman–Crippen LogP) is 1.21. The Hall–Kier alpha value is -0.360. The summed E-state index contributed by atoms with van der Waals surface area (Å²) >= 11 is 2.52. The highest BCUT2D eigenvalue weighted by atomic mass is 79.9. The Morgan fingerprint density at radius 2 is 2.36 bits per heavy atom. The molecule has 1 rings (SSSR count). The van der Waals surface area contributed by atoms with E-state index in [1.807, 2.05) is 0 Å². The summed E-state index contributed by atoms with van der Waals surface area (Å²) in [6.45, 7) is 1.71. The normalized spacial score (nSPS) is 11.8. The first-order valence-corrected chi connectivity index (χ1v) is 6.31. The molecule has 1 heterocycles. The maximum atomic E-state index is 10.6. The van der Waals surface area contributed by atoms with Crippen LogP contribution in [0.1, 0.15) is 11.5 Å². The topological polar surface area (TPSA) is 60.2 Å². The molecule has 0 atom stereocenters. The minimum absolute atomic E-state index is 0.135. The van der Waals surface area contributed by atoms with E-state index in [2.05, 4.69) is 24.5 Å². The van der Waals surface area contributed by atoms with Crippen LogP contribution in [0.2, 0.25) is 0 Å². The molecular weight excluding hydrogens is 234 g/mol. The number of hydrogen-bond donors (Lipinski definition) is 0. The highest BCUT2D eigenvalue weighted by molar-refractivity contribution is 9.47. The lowest BCUT2D eigenvalue weighted by Gasteiger charge is -1.86. The first kappa shape index (κ1) is 8.73. The molecule has 0 saturated heterocycles. The Kier molecular flexibility index (Phi) is 2.34. The molecule has 0 radical (unpaired) electrons. The summed E-state index contributed by atoms with van der Waals surface area (Å²) in [7, 11) is -3.17. The fourth-order valence-corrected chi connectivity index (χ4v) is 1.86. The Morgan fingerprint density at radius 3 is 2.73 bits per heavy atom. The van der Waals surface area contributed by atoms with E-state index in [1.165, 1.54) is 0 Å². The van der Waals surface area contributed by atoms with Crippen LogP contribution in [0, 0.1) is 6.92 Å². The van der Waals surface area contributed by atoms with Crippen molar-refractivity contribution in [2.24, 2.45) is 0 Å². The molecule has 0 N–H and O–H groups in total. The zero-order valence-corrected chi connectivity index (χ0v) is 8.15. The summed E-state index contributed by atoms with van der Waals surface area (Å²) in [5, 5.41) is 3.52. The Morgan fingerprint density at radius 1 is 1.73 bits per heavy atom. The predicted molar refractivity (Wildman–Crippen MR) is 42.8 cm³/mol. The van der Waals surface area contributed by atoms with Crippen LogP contribution in [-0.2, 0) is 14.0 Å². The lowest BCUT2D eigenvalue weighted by molar-refractivity contribution is 0.392. The quantitative estimate of drug-likeness (QED) is 0.729. The van der Waals surface area contributed by atoms with E-state index in [0.717, 1.165) is 0 Å². The summed E-state index contributed by atoms with van der Waals surface area (Å²) in [5.41, 5.74) is 0.416. The summed E-state index contributed by atoms with van der Waals surface area (Å²) in [4.78, 5) is 0. The van der Waals surface area contributed by atoms with Crippen molar-refractivity contribution in [1.29, 1.82) is 0 Å². The average Bonchev–Trinajstić information content (AvgIpc) is 2.10. The fourth-order valence-electron chi connectivity index (χ4n) is 0.663. The molecule has 0 spiro atoms. The first-order chi connectivity index (χ1) is 4.97. The zero-order chi connectivity index (χ0) is 8.48. The van der Waals surface area contributed by atoms with Gasteiger partial charge < -0.3 is 4.52 Å². The van der Waals surface area contributed by atoms with Gasteiger partial charge in [0.05, 0.1) is 20.5 Å². The van der Waals surface area contributed by atoms with Crippen LogP contribution in [0.3, 0.4) is 0 Å². The van der Waals surface area contributed by atoms with Crippen molar-refractivity contribution < 1.29 is 12.9 Å². The van der Waals surface area contributed by atoms with Gasteiger partial charge in [0.15, 0.2) is 0 Å². The largest absolute Gasteiger partial charge is 0.361 e. The molecule has 6 heteroatoms. The maximum absolute atomic E-state index is 10.6. The molecule has 0 bridgehead atoms. The second-order valence-electron chi connectivity index (χ2n) is 2.11. The maximum Gasteiger partial charge on any atom is 0.215 e. The first-order valence-electron chi connectivity index (χ1n) is 2.82. The van der Waals surface area contributed by atoms with Gasteiger partial charge in [0.25, 0.3) is 0 Å². The molecule has 0 fully saturated rings.